The quantitative estimate of drug-likeness (QED) is 0.720. The van der Waals surface area contributed by atoms with Crippen molar-refractivity contribution in [3.63, 3.8) is 0 Å². The Morgan fingerprint density at radius 1 is 1.39 bits per heavy atom. The van der Waals surface area contributed by atoms with Crippen molar-refractivity contribution >= 4 is 21.9 Å². The van der Waals surface area contributed by atoms with E-state index in [0.29, 0.717) is 13.0 Å². The van der Waals surface area contributed by atoms with Gasteiger partial charge in [-0.1, -0.05) is 53.9 Å². The molecular weight excluding hydrogens is 296 g/mol. The van der Waals surface area contributed by atoms with Gasteiger partial charge in [-0.15, -0.1) is 0 Å². The van der Waals surface area contributed by atoms with Crippen LogP contribution in [0.4, 0.5) is 0 Å². The van der Waals surface area contributed by atoms with Gasteiger partial charge in [-0.25, -0.2) is 4.79 Å². The lowest BCUT2D eigenvalue weighted by Gasteiger charge is -2.15. The summed E-state index contributed by atoms with van der Waals surface area (Å²) in [7, 11) is 1.39. The van der Waals surface area contributed by atoms with Gasteiger partial charge in [-0.05, 0) is 18.1 Å². The SMILES string of the molecule is CCCCC(OCc1ccccc1Br)C(=O)OC. The van der Waals surface area contributed by atoms with Crippen molar-refractivity contribution in [1.82, 2.24) is 0 Å². The Labute approximate surface area is 117 Å². The van der Waals surface area contributed by atoms with Crippen molar-refractivity contribution in [3.05, 3.63) is 34.3 Å². The van der Waals surface area contributed by atoms with Gasteiger partial charge in [-0.2, -0.15) is 0 Å². The number of ether oxygens (including phenoxy) is 2. The van der Waals surface area contributed by atoms with Crippen molar-refractivity contribution in [2.75, 3.05) is 7.11 Å². The smallest absolute Gasteiger partial charge is 0.334 e. The molecule has 0 aliphatic carbocycles. The van der Waals surface area contributed by atoms with Crippen LogP contribution in [0.1, 0.15) is 31.7 Å². The van der Waals surface area contributed by atoms with Gasteiger partial charge >= 0.3 is 5.97 Å². The monoisotopic (exact) mass is 314 g/mol. The van der Waals surface area contributed by atoms with Gasteiger partial charge in [-0.3, -0.25) is 0 Å². The first-order valence-corrected chi connectivity index (χ1v) is 6.91. The first kappa shape index (κ1) is 15.2. The van der Waals surface area contributed by atoms with E-state index >= 15 is 0 Å². The number of rotatable bonds is 7. The molecule has 0 heterocycles. The molecule has 100 valence electrons. The third kappa shape index (κ3) is 4.78. The molecule has 0 aliphatic heterocycles. The summed E-state index contributed by atoms with van der Waals surface area (Å²) in [4.78, 5) is 11.6. The zero-order valence-electron chi connectivity index (χ0n) is 10.8. The van der Waals surface area contributed by atoms with E-state index in [9.17, 15) is 4.79 Å². The van der Waals surface area contributed by atoms with Crippen LogP contribution in [-0.4, -0.2) is 19.2 Å². The average Bonchev–Trinajstić information content (AvgIpc) is 2.40. The summed E-state index contributed by atoms with van der Waals surface area (Å²) in [6.07, 6.45) is 2.22. The number of hydrogen-bond acceptors (Lipinski definition) is 3. The second-order valence-corrected chi connectivity index (χ2v) is 4.91. The predicted octanol–water partition coefficient (Wildman–Crippen LogP) is 3.70. The molecule has 0 saturated carbocycles. The Balaban J connectivity index is 2.56. The fourth-order valence-corrected chi connectivity index (χ4v) is 2.00. The highest BCUT2D eigenvalue weighted by Crippen LogP contribution is 2.18. The van der Waals surface area contributed by atoms with E-state index in [-0.39, 0.29) is 5.97 Å². The van der Waals surface area contributed by atoms with Crippen LogP contribution in [0.3, 0.4) is 0 Å². The van der Waals surface area contributed by atoms with E-state index < -0.39 is 6.10 Å². The van der Waals surface area contributed by atoms with Crippen molar-refractivity contribution < 1.29 is 14.3 Å². The molecule has 0 N–H and O–H groups in total. The third-order valence-corrected chi connectivity index (χ3v) is 3.46. The molecule has 0 aliphatic rings. The standard InChI is InChI=1S/C14H19BrO3/c1-3-4-9-13(14(16)17-2)18-10-11-7-5-6-8-12(11)15/h5-8,13H,3-4,9-10H2,1-2H3. The van der Waals surface area contributed by atoms with E-state index in [0.717, 1.165) is 22.9 Å². The number of halogens is 1. The van der Waals surface area contributed by atoms with E-state index in [4.69, 9.17) is 9.47 Å². The lowest BCUT2D eigenvalue weighted by molar-refractivity contribution is -0.155. The van der Waals surface area contributed by atoms with Gasteiger partial charge in [0.2, 0.25) is 0 Å². The van der Waals surface area contributed by atoms with Gasteiger partial charge < -0.3 is 9.47 Å². The van der Waals surface area contributed by atoms with Crippen LogP contribution in [0.25, 0.3) is 0 Å². The lowest BCUT2D eigenvalue weighted by Crippen LogP contribution is -2.25. The zero-order chi connectivity index (χ0) is 13.4. The molecule has 1 atom stereocenters. The minimum Gasteiger partial charge on any atom is -0.467 e. The van der Waals surface area contributed by atoms with Crippen LogP contribution in [0.5, 0.6) is 0 Å². The summed E-state index contributed by atoms with van der Waals surface area (Å²) >= 11 is 3.46. The van der Waals surface area contributed by atoms with Crippen LogP contribution in [0, 0.1) is 0 Å². The van der Waals surface area contributed by atoms with Crippen LogP contribution in [0.2, 0.25) is 0 Å². The number of methoxy groups -OCH3 is 1. The van der Waals surface area contributed by atoms with Crippen molar-refractivity contribution in [1.29, 1.82) is 0 Å². The molecule has 0 aromatic heterocycles. The Bertz CT molecular complexity index is 379. The largest absolute Gasteiger partial charge is 0.467 e. The maximum absolute atomic E-state index is 11.6. The van der Waals surface area contributed by atoms with Crippen LogP contribution >= 0.6 is 15.9 Å². The van der Waals surface area contributed by atoms with Crippen molar-refractivity contribution in [3.8, 4) is 0 Å². The molecule has 18 heavy (non-hydrogen) atoms. The minimum absolute atomic E-state index is 0.296. The summed E-state index contributed by atoms with van der Waals surface area (Å²) in [6, 6.07) is 7.82. The number of unbranched alkanes of at least 4 members (excludes halogenated alkanes) is 1. The van der Waals surface area contributed by atoms with Gasteiger partial charge in [0.15, 0.2) is 6.10 Å². The predicted molar refractivity (Wildman–Crippen MR) is 74.3 cm³/mol. The number of benzene rings is 1. The van der Waals surface area contributed by atoms with Crippen LogP contribution in [0.15, 0.2) is 28.7 Å². The molecule has 1 aromatic carbocycles. The lowest BCUT2D eigenvalue weighted by atomic mass is 10.1. The van der Waals surface area contributed by atoms with Crippen LogP contribution in [-0.2, 0) is 20.9 Å². The van der Waals surface area contributed by atoms with E-state index in [1.54, 1.807) is 0 Å². The van der Waals surface area contributed by atoms with E-state index in [1.165, 1.54) is 7.11 Å². The molecule has 1 unspecified atom stereocenters. The molecule has 0 spiro atoms. The fourth-order valence-electron chi connectivity index (χ4n) is 1.60. The molecule has 0 radical (unpaired) electrons. The summed E-state index contributed by atoms with van der Waals surface area (Å²) < 4.78 is 11.4. The summed E-state index contributed by atoms with van der Waals surface area (Å²) in [5.74, 6) is -0.296. The third-order valence-electron chi connectivity index (χ3n) is 2.68. The first-order chi connectivity index (χ1) is 8.69. The van der Waals surface area contributed by atoms with Crippen molar-refractivity contribution in [2.24, 2.45) is 0 Å². The second-order valence-electron chi connectivity index (χ2n) is 4.06. The number of esters is 1. The highest BCUT2D eigenvalue weighted by molar-refractivity contribution is 9.10. The van der Waals surface area contributed by atoms with Gasteiger partial charge in [0.1, 0.15) is 0 Å². The maximum Gasteiger partial charge on any atom is 0.334 e. The van der Waals surface area contributed by atoms with Gasteiger partial charge in [0.05, 0.1) is 13.7 Å². The molecule has 0 bridgehead atoms. The topological polar surface area (TPSA) is 35.5 Å². The fraction of sp³-hybridized carbons (Fsp3) is 0.500. The zero-order valence-corrected chi connectivity index (χ0v) is 12.4. The number of carbonyl (C=O) groups is 1. The summed E-state index contributed by atoms with van der Waals surface area (Å²) in [6.45, 7) is 2.49. The van der Waals surface area contributed by atoms with E-state index in [2.05, 4.69) is 22.9 Å². The summed E-state index contributed by atoms with van der Waals surface area (Å²) in [5, 5.41) is 0. The number of hydrogen-bond donors (Lipinski definition) is 0. The summed E-state index contributed by atoms with van der Waals surface area (Å²) in [5.41, 5.74) is 1.03. The molecule has 4 heteroatoms. The molecule has 0 fully saturated rings. The van der Waals surface area contributed by atoms with Gasteiger partial charge in [0.25, 0.3) is 0 Å². The highest BCUT2D eigenvalue weighted by Gasteiger charge is 2.19. The first-order valence-electron chi connectivity index (χ1n) is 6.11. The molecular formula is C14H19BrO3. The normalized spacial score (nSPS) is 12.2. The Hall–Kier alpha value is -0.870. The average molecular weight is 315 g/mol. The second kappa shape index (κ2) is 8.27. The molecule has 1 aromatic rings. The highest BCUT2D eigenvalue weighted by atomic mass is 79.9. The maximum atomic E-state index is 11.6. The minimum atomic E-state index is -0.470. The molecule has 0 saturated heterocycles. The van der Waals surface area contributed by atoms with Crippen LogP contribution < -0.4 is 0 Å². The number of carbonyl (C=O) groups excluding carboxylic acids is 1. The molecule has 1 rings (SSSR count). The molecule has 0 amide bonds. The molecule has 3 nitrogen and oxygen atoms in total. The Morgan fingerprint density at radius 2 is 2.11 bits per heavy atom. The van der Waals surface area contributed by atoms with E-state index in [1.807, 2.05) is 24.3 Å². The van der Waals surface area contributed by atoms with Gasteiger partial charge in [0, 0.05) is 4.47 Å². The Morgan fingerprint density at radius 3 is 2.72 bits per heavy atom. The Kier molecular flexibility index (Phi) is 6.98. The van der Waals surface area contributed by atoms with Crippen molar-refractivity contribution in [2.45, 2.75) is 38.9 Å².